The van der Waals surface area contributed by atoms with Crippen molar-refractivity contribution in [2.75, 3.05) is 0 Å². The summed E-state index contributed by atoms with van der Waals surface area (Å²) >= 11 is 5.74. The number of para-hydroxylation sites is 1. The van der Waals surface area contributed by atoms with Crippen molar-refractivity contribution in [1.29, 1.82) is 5.26 Å². The molecule has 0 aliphatic rings. The van der Waals surface area contributed by atoms with Crippen molar-refractivity contribution in [2.24, 2.45) is 0 Å². The lowest BCUT2D eigenvalue weighted by Gasteiger charge is -2.12. The van der Waals surface area contributed by atoms with Gasteiger partial charge in [-0.3, -0.25) is 9.36 Å². The lowest BCUT2D eigenvalue weighted by Crippen LogP contribution is -2.26. The summed E-state index contributed by atoms with van der Waals surface area (Å²) in [4.78, 5) is 28.9. The van der Waals surface area contributed by atoms with Gasteiger partial charge in [0, 0.05) is 0 Å². The topological polar surface area (TPSA) is 85.0 Å². The van der Waals surface area contributed by atoms with Gasteiger partial charge in [0.05, 0.1) is 27.6 Å². The van der Waals surface area contributed by atoms with Crippen LogP contribution in [-0.2, 0) is 17.9 Å². The van der Waals surface area contributed by atoms with Gasteiger partial charge < -0.3 is 4.74 Å². The predicted molar refractivity (Wildman–Crippen MR) is 92.1 cm³/mol. The molecule has 136 valence electrons. The van der Waals surface area contributed by atoms with Crippen molar-refractivity contribution in [3.05, 3.63) is 74.8 Å². The second-order valence-corrected chi connectivity index (χ2v) is 5.82. The molecule has 3 rings (SSSR count). The molecule has 1 heterocycles. The smallest absolute Gasteiger partial charge is 0.340 e. The van der Waals surface area contributed by atoms with E-state index < -0.39 is 29.8 Å². The number of nitriles is 1. The average Bonchev–Trinajstić information content (AvgIpc) is 2.65. The number of ether oxygens (including phenoxy) is 1. The summed E-state index contributed by atoms with van der Waals surface area (Å²) in [6.07, 6.45) is 0. The van der Waals surface area contributed by atoms with Gasteiger partial charge >= 0.3 is 5.97 Å². The number of benzene rings is 2. The number of hydrogen-bond acceptors (Lipinski definition) is 5. The van der Waals surface area contributed by atoms with Gasteiger partial charge in [-0.05, 0) is 24.3 Å². The standard InChI is InChI=1S/C18H10ClF2N3O3/c19-12-8-14(21)13(20)7-11(12)18(26)27-9-16-23-15-4-2-1-3-10(15)17(25)24(16)6-5-22/h1-4,7-8H,6,9H2. The minimum Gasteiger partial charge on any atom is -0.454 e. The Balaban J connectivity index is 1.94. The number of carbonyl (C=O) groups excluding carboxylic acids is 1. The number of fused-ring (bicyclic) bond motifs is 1. The molecule has 3 aromatic rings. The second kappa shape index (κ2) is 7.51. The molecule has 0 atom stereocenters. The average molecular weight is 390 g/mol. The predicted octanol–water partition coefficient (Wildman–Crippen LogP) is 3.21. The fourth-order valence-corrected chi connectivity index (χ4v) is 2.67. The highest BCUT2D eigenvalue weighted by Crippen LogP contribution is 2.21. The molecule has 27 heavy (non-hydrogen) atoms. The first-order chi connectivity index (χ1) is 12.9. The quantitative estimate of drug-likeness (QED) is 0.505. The highest BCUT2D eigenvalue weighted by molar-refractivity contribution is 6.33. The first-order valence-electron chi connectivity index (χ1n) is 7.59. The van der Waals surface area contributed by atoms with E-state index in [4.69, 9.17) is 21.6 Å². The van der Waals surface area contributed by atoms with Crippen LogP contribution >= 0.6 is 11.6 Å². The van der Waals surface area contributed by atoms with Gasteiger partial charge in [0.15, 0.2) is 17.5 Å². The molecule has 0 saturated heterocycles. The summed E-state index contributed by atoms with van der Waals surface area (Å²) in [7, 11) is 0. The van der Waals surface area contributed by atoms with Crippen LogP contribution < -0.4 is 5.56 Å². The van der Waals surface area contributed by atoms with Crippen LogP contribution in [0.2, 0.25) is 5.02 Å². The maximum Gasteiger partial charge on any atom is 0.340 e. The molecule has 0 N–H and O–H groups in total. The molecular weight excluding hydrogens is 380 g/mol. The van der Waals surface area contributed by atoms with Gasteiger partial charge in [-0.25, -0.2) is 18.6 Å². The summed E-state index contributed by atoms with van der Waals surface area (Å²) in [5.74, 6) is -3.44. The van der Waals surface area contributed by atoms with Crippen LogP contribution in [0.4, 0.5) is 8.78 Å². The van der Waals surface area contributed by atoms with E-state index >= 15 is 0 Å². The van der Waals surface area contributed by atoms with E-state index in [1.165, 1.54) is 0 Å². The van der Waals surface area contributed by atoms with E-state index in [0.717, 1.165) is 4.57 Å². The number of halogens is 3. The SMILES string of the molecule is N#CCn1c(COC(=O)c2cc(F)c(F)cc2Cl)nc2ccccc2c1=O. The van der Waals surface area contributed by atoms with Gasteiger partial charge in [0.25, 0.3) is 5.56 Å². The van der Waals surface area contributed by atoms with Gasteiger partial charge in [-0.1, -0.05) is 23.7 Å². The fourth-order valence-electron chi connectivity index (χ4n) is 2.44. The monoisotopic (exact) mass is 389 g/mol. The van der Waals surface area contributed by atoms with Crippen LogP contribution in [0.15, 0.2) is 41.2 Å². The summed E-state index contributed by atoms with van der Waals surface area (Å²) in [6, 6.07) is 9.63. The van der Waals surface area contributed by atoms with E-state index in [0.29, 0.717) is 23.0 Å². The first-order valence-corrected chi connectivity index (χ1v) is 7.97. The normalized spacial score (nSPS) is 10.6. The number of esters is 1. The lowest BCUT2D eigenvalue weighted by atomic mass is 10.2. The molecule has 9 heteroatoms. The van der Waals surface area contributed by atoms with Crippen LogP contribution in [0.25, 0.3) is 10.9 Å². The number of aromatic nitrogens is 2. The molecular formula is C18H10ClF2N3O3. The third-order valence-corrected chi connectivity index (χ3v) is 4.04. The minimum absolute atomic E-state index is 0.0345. The molecule has 1 aromatic heterocycles. The van der Waals surface area contributed by atoms with E-state index in [2.05, 4.69) is 4.98 Å². The second-order valence-electron chi connectivity index (χ2n) is 5.42. The van der Waals surface area contributed by atoms with Crippen molar-refractivity contribution >= 4 is 28.5 Å². The number of hydrogen-bond donors (Lipinski definition) is 0. The first kappa shape index (κ1) is 18.5. The van der Waals surface area contributed by atoms with E-state index in [1.807, 2.05) is 6.07 Å². The van der Waals surface area contributed by atoms with E-state index in [-0.39, 0.29) is 23.0 Å². The Morgan fingerprint density at radius 3 is 2.70 bits per heavy atom. The van der Waals surface area contributed by atoms with Crippen LogP contribution in [-0.4, -0.2) is 15.5 Å². The molecule has 0 aliphatic heterocycles. The van der Waals surface area contributed by atoms with Crippen LogP contribution in [0.1, 0.15) is 16.2 Å². The molecule has 0 spiro atoms. The Bertz CT molecular complexity index is 1160. The van der Waals surface area contributed by atoms with Crippen LogP contribution in [0.3, 0.4) is 0 Å². The molecule has 0 radical (unpaired) electrons. The molecule has 2 aromatic carbocycles. The van der Waals surface area contributed by atoms with Crippen molar-refractivity contribution in [2.45, 2.75) is 13.2 Å². The van der Waals surface area contributed by atoms with Crippen LogP contribution in [0, 0.1) is 23.0 Å². The Kier molecular flexibility index (Phi) is 5.14. The van der Waals surface area contributed by atoms with E-state index in [9.17, 15) is 18.4 Å². The largest absolute Gasteiger partial charge is 0.454 e. The minimum atomic E-state index is -1.25. The van der Waals surface area contributed by atoms with Crippen molar-refractivity contribution in [3.63, 3.8) is 0 Å². The lowest BCUT2D eigenvalue weighted by molar-refractivity contribution is 0.0456. The van der Waals surface area contributed by atoms with Crippen molar-refractivity contribution < 1.29 is 18.3 Å². The maximum atomic E-state index is 13.3. The zero-order valence-corrected chi connectivity index (χ0v) is 14.3. The summed E-state index contributed by atoms with van der Waals surface area (Å²) in [5, 5.41) is 8.94. The maximum absolute atomic E-state index is 13.3. The summed E-state index contributed by atoms with van der Waals surface area (Å²) in [5.41, 5.74) is -0.460. The third kappa shape index (κ3) is 3.64. The van der Waals surface area contributed by atoms with Gasteiger partial charge in [-0.15, -0.1) is 0 Å². The highest BCUT2D eigenvalue weighted by Gasteiger charge is 2.18. The molecule has 0 saturated carbocycles. The number of nitrogens with zero attached hydrogens (tertiary/aromatic N) is 3. The van der Waals surface area contributed by atoms with Gasteiger partial charge in [0.1, 0.15) is 13.2 Å². The molecule has 0 bridgehead atoms. The molecule has 0 unspecified atom stereocenters. The summed E-state index contributed by atoms with van der Waals surface area (Å²) < 4.78 is 32.6. The van der Waals surface area contributed by atoms with Gasteiger partial charge in [0.2, 0.25) is 0 Å². The zero-order chi connectivity index (χ0) is 19.6. The fraction of sp³-hybridized carbons (Fsp3) is 0.111. The Morgan fingerprint density at radius 2 is 1.96 bits per heavy atom. The molecule has 0 fully saturated rings. The number of rotatable bonds is 4. The van der Waals surface area contributed by atoms with Crippen molar-refractivity contribution in [1.82, 2.24) is 9.55 Å². The zero-order valence-electron chi connectivity index (χ0n) is 13.6. The molecule has 6 nitrogen and oxygen atoms in total. The Hall–Kier alpha value is -3.31. The van der Waals surface area contributed by atoms with Crippen LogP contribution in [0.5, 0.6) is 0 Å². The Morgan fingerprint density at radius 1 is 1.26 bits per heavy atom. The molecule has 0 amide bonds. The third-order valence-electron chi connectivity index (χ3n) is 3.73. The summed E-state index contributed by atoms with van der Waals surface area (Å²) in [6.45, 7) is -0.759. The number of carbonyl (C=O) groups is 1. The van der Waals surface area contributed by atoms with Crippen molar-refractivity contribution in [3.8, 4) is 6.07 Å². The van der Waals surface area contributed by atoms with E-state index in [1.54, 1.807) is 24.3 Å². The Labute approximate surface area is 156 Å². The molecule has 0 aliphatic carbocycles. The van der Waals surface area contributed by atoms with Gasteiger partial charge in [-0.2, -0.15) is 5.26 Å². The highest BCUT2D eigenvalue weighted by atomic mass is 35.5.